The van der Waals surface area contributed by atoms with Crippen LogP contribution in [0.25, 0.3) is 0 Å². The van der Waals surface area contributed by atoms with Gasteiger partial charge >= 0.3 is 0 Å². The van der Waals surface area contributed by atoms with Crippen molar-refractivity contribution in [2.24, 2.45) is 0 Å². The van der Waals surface area contributed by atoms with E-state index in [1.807, 2.05) is 19.1 Å². The van der Waals surface area contributed by atoms with Crippen LogP contribution in [0.5, 0.6) is 0 Å². The minimum Gasteiger partial charge on any atom is -0.377 e. The van der Waals surface area contributed by atoms with Crippen LogP contribution in [0.15, 0.2) is 18.2 Å². The van der Waals surface area contributed by atoms with Crippen molar-refractivity contribution in [3.63, 3.8) is 0 Å². The highest BCUT2D eigenvalue weighted by Gasteiger charge is 2.21. The summed E-state index contributed by atoms with van der Waals surface area (Å²) < 4.78 is 5.68. The SMILES string of the molecule is CCOC1CCCN(c2ccc(C#N)cc2Cl)C1. The van der Waals surface area contributed by atoms with E-state index in [2.05, 4.69) is 11.0 Å². The van der Waals surface area contributed by atoms with Crippen LogP contribution in [-0.2, 0) is 4.74 Å². The van der Waals surface area contributed by atoms with Gasteiger partial charge in [0.2, 0.25) is 0 Å². The molecular weight excluding hydrogens is 248 g/mol. The van der Waals surface area contributed by atoms with E-state index in [-0.39, 0.29) is 6.10 Å². The molecule has 1 unspecified atom stereocenters. The second-order valence-corrected chi connectivity index (χ2v) is 4.85. The molecule has 0 spiro atoms. The highest BCUT2D eigenvalue weighted by Crippen LogP contribution is 2.29. The van der Waals surface area contributed by atoms with Crippen molar-refractivity contribution in [3.8, 4) is 6.07 Å². The normalized spacial score (nSPS) is 19.6. The third kappa shape index (κ3) is 2.95. The zero-order valence-corrected chi connectivity index (χ0v) is 11.3. The molecular formula is C14H17ClN2O. The van der Waals surface area contributed by atoms with Crippen LogP contribution >= 0.6 is 11.6 Å². The van der Waals surface area contributed by atoms with Gasteiger partial charge in [-0.25, -0.2) is 0 Å². The van der Waals surface area contributed by atoms with Crippen molar-refractivity contribution in [1.82, 2.24) is 0 Å². The molecule has 1 aliphatic heterocycles. The number of nitrogens with zero attached hydrogens (tertiary/aromatic N) is 2. The predicted molar refractivity (Wildman–Crippen MR) is 73.0 cm³/mol. The zero-order valence-electron chi connectivity index (χ0n) is 10.5. The lowest BCUT2D eigenvalue weighted by atomic mass is 10.1. The van der Waals surface area contributed by atoms with Gasteiger partial charge in [0.1, 0.15) is 0 Å². The van der Waals surface area contributed by atoms with Crippen molar-refractivity contribution in [1.29, 1.82) is 5.26 Å². The molecule has 0 aliphatic carbocycles. The Morgan fingerprint density at radius 2 is 2.39 bits per heavy atom. The zero-order chi connectivity index (χ0) is 13.0. The van der Waals surface area contributed by atoms with E-state index in [9.17, 15) is 0 Å². The van der Waals surface area contributed by atoms with Gasteiger partial charge in [-0.05, 0) is 38.0 Å². The van der Waals surface area contributed by atoms with Gasteiger partial charge in [0, 0.05) is 19.7 Å². The first-order valence-corrected chi connectivity index (χ1v) is 6.68. The van der Waals surface area contributed by atoms with Crippen LogP contribution in [0.2, 0.25) is 5.02 Å². The van der Waals surface area contributed by atoms with E-state index in [1.165, 1.54) is 0 Å². The molecule has 1 aliphatic rings. The quantitative estimate of drug-likeness (QED) is 0.841. The number of halogens is 1. The lowest BCUT2D eigenvalue weighted by Crippen LogP contribution is -2.39. The Balaban J connectivity index is 2.13. The number of nitriles is 1. The van der Waals surface area contributed by atoms with E-state index in [4.69, 9.17) is 21.6 Å². The lowest BCUT2D eigenvalue weighted by Gasteiger charge is -2.34. The molecule has 1 atom stereocenters. The molecule has 96 valence electrons. The molecule has 0 saturated carbocycles. The number of benzene rings is 1. The Morgan fingerprint density at radius 3 is 3.06 bits per heavy atom. The van der Waals surface area contributed by atoms with Gasteiger partial charge < -0.3 is 9.64 Å². The first-order valence-electron chi connectivity index (χ1n) is 6.30. The van der Waals surface area contributed by atoms with Crippen molar-refractivity contribution < 1.29 is 4.74 Å². The highest BCUT2D eigenvalue weighted by atomic mass is 35.5. The molecule has 2 rings (SSSR count). The summed E-state index contributed by atoms with van der Waals surface area (Å²) in [5.41, 5.74) is 1.60. The fourth-order valence-corrected chi connectivity index (χ4v) is 2.66. The van der Waals surface area contributed by atoms with Gasteiger partial charge in [0.05, 0.1) is 28.4 Å². The number of anilines is 1. The summed E-state index contributed by atoms with van der Waals surface area (Å²) in [6.45, 7) is 4.64. The van der Waals surface area contributed by atoms with Crippen molar-refractivity contribution >= 4 is 17.3 Å². The van der Waals surface area contributed by atoms with E-state index >= 15 is 0 Å². The van der Waals surface area contributed by atoms with Crippen molar-refractivity contribution in [2.45, 2.75) is 25.9 Å². The summed E-state index contributed by atoms with van der Waals surface area (Å²) in [5.74, 6) is 0. The highest BCUT2D eigenvalue weighted by molar-refractivity contribution is 6.33. The van der Waals surface area contributed by atoms with Crippen LogP contribution < -0.4 is 4.90 Å². The molecule has 1 aromatic carbocycles. The Morgan fingerprint density at radius 1 is 1.56 bits per heavy atom. The minimum absolute atomic E-state index is 0.287. The third-order valence-corrected chi connectivity index (χ3v) is 3.50. The van der Waals surface area contributed by atoms with Gasteiger partial charge in [-0.15, -0.1) is 0 Å². The van der Waals surface area contributed by atoms with Crippen LogP contribution in [0, 0.1) is 11.3 Å². The fraction of sp³-hybridized carbons (Fsp3) is 0.500. The maximum Gasteiger partial charge on any atom is 0.0992 e. The summed E-state index contributed by atoms with van der Waals surface area (Å²) in [4.78, 5) is 2.24. The molecule has 1 fully saturated rings. The van der Waals surface area contributed by atoms with Crippen molar-refractivity contribution in [3.05, 3.63) is 28.8 Å². The molecule has 18 heavy (non-hydrogen) atoms. The number of ether oxygens (including phenoxy) is 1. The third-order valence-electron chi connectivity index (χ3n) is 3.20. The molecule has 1 saturated heterocycles. The van der Waals surface area contributed by atoms with E-state index in [1.54, 1.807) is 6.07 Å². The summed E-state index contributed by atoms with van der Waals surface area (Å²) in [6.07, 6.45) is 2.51. The molecule has 4 heteroatoms. The minimum atomic E-state index is 0.287. The van der Waals surface area contributed by atoms with Crippen LogP contribution in [0.4, 0.5) is 5.69 Å². The maximum absolute atomic E-state index is 8.83. The van der Waals surface area contributed by atoms with E-state index in [0.29, 0.717) is 10.6 Å². The second kappa shape index (κ2) is 6.08. The van der Waals surface area contributed by atoms with Crippen LogP contribution in [0.3, 0.4) is 0 Å². The molecule has 0 radical (unpaired) electrons. The predicted octanol–water partition coefficient (Wildman–Crippen LogP) is 3.22. The topological polar surface area (TPSA) is 36.3 Å². The van der Waals surface area contributed by atoms with Gasteiger partial charge in [-0.2, -0.15) is 5.26 Å². The lowest BCUT2D eigenvalue weighted by molar-refractivity contribution is 0.0527. The average Bonchev–Trinajstić information content (AvgIpc) is 2.39. The molecule has 0 amide bonds. The number of hydrogen-bond acceptors (Lipinski definition) is 3. The summed E-state index contributed by atoms with van der Waals surface area (Å²) in [6, 6.07) is 7.56. The van der Waals surface area contributed by atoms with Gasteiger partial charge in [-0.1, -0.05) is 11.6 Å². The number of hydrogen-bond donors (Lipinski definition) is 0. The first kappa shape index (κ1) is 13.2. The maximum atomic E-state index is 8.83. The number of rotatable bonds is 3. The molecule has 0 bridgehead atoms. The fourth-order valence-electron chi connectivity index (χ4n) is 2.36. The van der Waals surface area contributed by atoms with E-state index in [0.717, 1.165) is 38.2 Å². The Bertz CT molecular complexity index is 454. The number of piperidine rings is 1. The molecule has 0 aromatic heterocycles. The second-order valence-electron chi connectivity index (χ2n) is 4.44. The average molecular weight is 265 g/mol. The van der Waals surface area contributed by atoms with Gasteiger partial charge in [-0.3, -0.25) is 0 Å². The summed E-state index contributed by atoms with van der Waals surface area (Å²) >= 11 is 6.23. The largest absolute Gasteiger partial charge is 0.377 e. The standard InChI is InChI=1S/C14H17ClN2O/c1-2-18-12-4-3-7-17(10-12)14-6-5-11(9-16)8-13(14)15/h5-6,8,12H,2-4,7,10H2,1H3. The van der Waals surface area contributed by atoms with Crippen LogP contribution in [-0.4, -0.2) is 25.8 Å². The van der Waals surface area contributed by atoms with E-state index < -0.39 is 0 Å². The van der Waals surface area contributed by atoms with Crippen molar-refractivity contribution in [2.75, 3.05) is 24.6 Å². The van der Waals surface area contributed by atoms with Gasteiger partial charge in [0.15, 0.2) is 0 Å². The van der Waals surface area contributed by atoms with Gasteiger partial charge in [0.25, 0.3) is 0 Å². The molecule has 3 nitrogen and oxygen atoms in total. The summed E-state index contributed by atoms with van der Waals surface area (Å²) in [5, 5.41) is 9.48. The Kier molecular flexibility index (Phi) is 4.46. The first-order chi connectivity index (χ1) is 8.74. The monoisotopic (exact) mass is 264 g/mol. The summed E-state index contributed by atoms with van der Waals surface area (Å²) in [7, 11) is 0. The smallest absolute Gasteiger partial charge is 0.0992 e. The molecule has 0 N–H and O–H groups in total. The molecule has 1 aromatic rings. The Labute approximate surface area is 113 Å². The molecule has 1 heterocycles. The Hall–Kier alpha value is -1.24. The van der Waals surface area contributed by atoms with Crippen LogP contribution in [0.1, 0.15) is 25.3 Å².